The van der Waals surface area contributed by atoms with Crippen molar-refractivity contribution in [2.45, 2.75) is 13.2 Å². The summed E-state index contributed by atoms with van der Waals surface area (Å²) >= 11 is 0. The molecule has 104 valence electrons. The number of primary amides is 1. The lowest BCUT2D eigenvalue weighted by Crippen LogP contribution is -2.13. The van der Waals surface area contributed by atoms with Gasteiger partial charge in [-0.05, 0) is 17.7 Å². The second kappa shape index (κ2) is 6.16. The van der Waals surface area contributed by atoms with Crippen LogP contribution in [0, 0.1) is 5.82 Å². The Morgan fingerprint density at radius 2 is 1.95 bits per heavy atom. The minimum Gasteiger partial charge on any atom is -0.485 e. The summed E-state index contributed by atoms with van der Waals surface area (Å²) in [6.07, 6.45) is 0. The molecule has 0 saturated heterocycles. The van der Waals surface area contributed by atoms with Crippen LogP contribution in [0.5, 0.6) is 5.75 Å². The van der Waals surface area contributed by atoms with Crippen molar-refractivity contribution in [3.8, 4) is 5.75 Å². The Balaban J connectivity index is 2.25. The van der Waals surface area contributed by atoms with Crippen molar-refractivity contribution in [3.05, 3.63) is 65.0 Å². The Morgan fingerprint density at radius 3 is 2.55 bits per heavy atom. The molecule has 3 N–H and O–H groups in total. The maximum Gasteiger partial charge on any atom is 0.248 e. The molecule has 2 aromatic carbocycles. The van der Waals surface area contributed by atoms with Crippen molar-refractivity contribution in [2.75, 3.05) is 0 Å². The number of rotatable bonds is 5. The van der Waals surface area contributed by atoms with Gasteiger partial charge in [0.05, 0.1) is 6.61 Å². The normalized spacial score (nSPS) is 10.3. The van der Waals surface area contributed by atoms with Crippen LogP contribution in [0.1, 0.15) is 21.5 Å². The summed E-state index contributed by atoms with van der Waals surface area (Å²) in [5.74, 6) is -1.55. The third-order valence-corrected chi connectivity index (χ3v) is 2.80. The number of amides is 1. The Kier molecular flexibility index (Phi) is 4.32. The Hall–Kier alpha value is -2.40. The van der Waals surface area contributed by atoms with Crippen LogP contribution in [0.2, 0.25) is 0 Å². The highest BCUT2D eigenvalue weighted by Crippen LogP contribution is 2.25. The monoisotopic (exact) mass is 275 g/mol. The number of halogens is 1. The van der Waals surface area contributed by atoms with Crippen LogP contribution in [0.4, 0.5) is 4.39 Å². The molecule has 0 aliphatic heterocycles. The number of carbonyl (C=O) groups is 1. The van der Waals surface area contributed by atoms with Crippen molar-refractivity contribution in [2.24, 2.45) is 5.73 Å². The average molecular weight is 275 g/mol. The van der Waals surface area contributed by atoms with Gasteiger partial charge in [0, 0.05) is 11.1 Å². The van der Waals surface area contributed by atoms with Crippen LogP contribution in [-0.2, 0) is 13.2 Å². The SMILES string of the molecule is NC(=O)c1cc(F)c(OCc2ccccc2)c(CO)c1. The van der Waals surface area contributed by atoms with Crippen LogP contribution in [-0.4, -0.2) is 11.0 Å². The van der Waals surface area contributed by atoms with E-state index in [1.807, 2.05) is 30.3 Å². The zero-order valence-corrected chi connectivity index (χ0v) is 10.7. The van der Waals surface area contributed by atoms with Gasteiger partial charge in [0.2, 0.25) is 5.91 Å². The predicted molar refractivity (Wildman–Crippen MR) is 71.6 cm³/mol. The number of hydrogen-bond donors (Lipinski definition) is 2. The average Bonchev–Trinajstić information content (AvgIpc) is 2.46. The first-order valence-electron chi connectivity index (χ1n) is 6.01. The van der Waals surface area contributed by atoms with E-state index in [1.54, 1.807) is 0 Å². The van der Waals surface area contributed by atoms with Gasteiger partial charge in [0.1, 0.15) is 6.61 Å². The van der Waals surface area contributed by atoms with Crippen molar-refractivity contribution in [1.82, 2.24) is 0 Å². The minimum absolute atomic E-state index is 0.00129. The van der Waals surface area contributed by atoms with E-state index in [4.69, 9.17) is 10.5 Å². The molecule has 0 fully saturated rings. The van der Waals surface area contributed by atoms with Crippen LogP contribution < -0.4 is 10.5 Å². The van der Waals surface area contributed by atoms with E-state index in [1.165, 1.54) is 6.07 Å². The van der Waals surface area contributed by atoms with E-state index in [0.29, 0.717) is 0 Å². The Bertz CT molecular complexity index is 614. The lowest BCUT2D eigenvalue weighted by Gasteiger charge is -2.12. The van der Waals surface area contributed by atoms with Gasteiger partial charge in [-0.2, -0.15) is 0 Å². The van der Waals surface area contributed by atoms with Crippen LogP contribution >= 0.6 is 0 Å². The highest BCUT2D eigenvalue weighted by atomic mass is 19.1. The molecule has 20 heavy (non-hydrogen) atoms. The summed E-state index contributed by atoms with van der Waals surface area (Å²) in [6.45, 7) is -0.275. The molecule has 1 amide bonds. The zero-order chi connectivity index (χ0) is 14.5. The van der Waals surface area contributed by atoms with Crippen molar-refractivity contribution >= 4 is 5.91 Å². The van der Waals surface area contributed by atoms with Gasteiger partial charge < -0.3 is 15.6 Å². The lowest BCUT2D eigenvalue weighted by molar-refractivity contribution is 0.0999. The second-order valence-corrected chi connectivity index (χ2v) is 4.24. The number of aliphatic hydroxyl groups excluding tert-OH is 1. The molecule has 0 heterocycles. The molecule has 0 aliphatic carbocycles. The first kappa shape index (κ1) is 14.0. The number of carbonyl (C=O) groups excluding carboxylic acids is 1. The molecule has 2 aromatic rings. The molecular formula is C15H14FNO3. The molecule has 0 bridgehead atoms. The first-order chi connectivity index (χ1) is 9.61. The highest BCUT2D eigenvalue weighted by Gasteiger charge is 2.14. The van der Waals surface area contributed by atoms with E-state index in [-0.39, 0.29) is 23.5 Å². The van der Waals surface area contributed by atoms with Gasteiger partial charge >= 0.3 is 0 Å². The molecule has 0 aliphatic rings. The Morgan fingerprint density at radius 1 is 1.25 bits per heavy atom. The fraction of sp³-hybridized carbons (Fsp3) is 0.133. The van der Waals surface area contributed by atoms with Crippen molar-refractivity contribution in [3.63, 3.8) is 0 Å². The molecule has 0 radical (unpaired) electrons. The number of hydrogen-bond acceptors (Lipinski definition) is 3. The third kappa shape index (κ3) is 3.13. The van der Waals surface area contributed by atoms with Crippen molar-refractivity contribution in [1.29, 1.82) is 0 Å². The van der Waals surface area contributed by atoms with Gasteiger partial charge in [-0.3, -0.25) is 4.79 Å². The second-order valence-electron chi connectivity index (χ2n) is 4.24. The van der Waals surface area contributed by atoms with E-state index < -0.39 is 18.3 Å². The number of aliphatic hydroxyl groups is 1. The molecule has 0 unspecified atom stereocenters. The number of ether oxygens (including phenoxy) is 1. The summed E-state index contributed by atoms with van der Waals surface area (Å²) in [7, 11) is 0. The quantitative estimate of drug-likeness (QED) is 0.876. The lowest BCUT2D eigenvalue weighted by atomic mass is 10.1. The molecule has 0 aromatic heterocycles. The summed E-state index contributed by atoms with van der Waals surface area (Å²) < 4.78 is 19.3. The summed E-state index contributed by atoms with van der Waals surface area (Å²) in [5, 5.41) is 9.25. The molecule has 0 atom stereocenters. The van der Waals surface area contributed by atoms with Gasteiger partial charge in [0.25, 0.3) is 0 Å². The maximum absolute atomic E-state index is 13.9. The van der Waals surface area contributed by atoms with Gasteiger partial charge in [-0.25, -0.2) is 4.39 Å². The molecule has 0 saturated carbocycles. The molecule has 2 rings (SSSR count). The van der Waals surface area contributed by atoms with E-state index in [9.17, 15) is 14.3 Å². The van der Waals surface area contributed by atoms with Crippen LogP contribution in [0.3, 0.4) is 0 Å². The zero-order valence-electron chi connectivity index (χ0n) is 10.7. The van der Waals surface area contributed by atoms with Gasteiger partial charge in [-0.1, -0.05) is 30.3 Å². The van der Waals surface area contributed by atoms with E-state index >= 15 is 0 Å². The number of nitrogens with two attached hydrogens (primary N) is 1. The molecular weight excluding hydrogens is 261 g/mol. The summed E-state index contributed by atoms with van der Waals surface area (Å²) in [4.78, 5) is 11.0. The maximum atomic E-state index is 13.9. The molecule has 0 spiro atoms. The molecule has 4 nitrogen and oxygen atoms in total. The van der Waals surface area contributed by atoms with E-state index in [2.05, 4.69) is 0 Å². The fourth-order valence-corrected chi connectivity index (χ4v) is 1.80. The summed E-state index contributed by atoms with van der Waals surface area (Å²) in [5.41, 5.74) is 6.15. The standard InChI is InChI=1S/C15H14FNO3/c16-13-7-11(15(17)19)6-12(8-18)14(13)20-9-10-4-2-1-3-5-10/h1-7,18H,8-9H2,(H2,17,19). The van der Waals surface area contributed by atoms with Crippen LogP contribution in [0.15, 0.2) is 42.5 Å². The predicted octanol–water partition coefficient (Wildman–Crippen LogP) is 2.00. The number of benzene rings is 2. The minimum atomic E-state index is -0.756. The topological polar surface area (TPSA) is 72.6 Å². The summed E-state index contributed by atoms with van der Waals surface area (Å²) in [6, 6.07) is 11.6. The van der Waals surface area contributed by atoms with E-state index in [0.717, 1.165) is 11.6 Å². The first-order valence-corrected chi connectivity index (χ1v) is 6.01. The van der Waals surface area contributed by atoms with Crippen LogP contribution in [0.25, 0.3) is 0 Å². The Labute approximate surface area is 115 Å². The van der Waals surface area contributed by atoms with Gasteiger partial charge in [0.15, 0.2) is 11.6 Å². The smallest absolute Gasteiger partial charge is 0.248 e. The largest absolute Gasteiger partial charge is 0.485 e. The van der Waals surface area contributed by atoms with Gasteiger partial charge in [-0.15, -0.1) is 0 Å². The fourth-order valence-electron chi connectivity index (χ4n) is 1.80. The third-order valence-electron chi connectivity index (χ3n) is 2.80. The highest BCUT2D eigenvalue weighted by molar-refractivity contribution is 5.93. The van der Waals surface area contributed by atoms with Crippen molar-refractivity contribution < 1.29 is 19.0 Å². The molecule has 5 heteroatoms.